The van der Waals surface area contributed by atoms with E-state index in [0.29, 0.717) is 25.4 Å². The number of nitrogens with one attached hydrogen (secondary N) is 3. The second-order valence-electron chi connectivity index (χ2n) is 6.07. The third-order valence-electron chi connectivity index (χ3n) is 4.40. The van der Waals surface area contributed by atoms with Crippen molar-refractivity contribution in [2.75, 3.05) is 19.7 Å². The summed E-state index contributed by atoms with van der Waals surface area (Å²) in [6.07, 6.45) is 0.876. The molecule has 6 nitrogen and oxygen atoms in total. The number of fused-ring (bicyclic) bond motifs is 2. The summed E-state index contributed by atoms with van der Waals surface area (Å²) in [5, 5.41) is 15.6. The number of carbonyl (C=O) groups excluding carboxylic acids is 1. The maximum Gasteiger partial charge on any atom is 0.272 e. The maximum absolute atomic E-state index is 12.3. The molecule has 0 saturated heterocycles. The Labute approximate surface area is 157 Å². The maximum atomic E-state index is 12.3. The Morgan fingerprint density at radius 3 is 2.92 bits per heavy atom. The van der Waals surface area contributed by atoms with Gasteiger partial charge in [-0.3, -0.25) is 9.89 Å². The number of hydrogen-bond donors (Lipinski definition) is 3. The smallest absolute Gasteiger partial charge is 0.272 e. The van der Waals surface area contributed by atoms with Crippen molar-refractivity contribution in [1.82, 2.24) is 20.8 Å². The number of hydrogen-bond acceptors (Lipinski definition) is 4. The number of aromatic amines is 1. The summed E-state index contributed by atoms with van der Waals surface area (Å²) in [4.78, 5) is 12.3. The van der Waals surface area contributed by atoms with Gasteiger partial charge in [0.2, 0.25) is 0 Å². The Morgan fingerprint density at radius 1 is 1.19 bits per heavy atom. The molecule has 7 heteroatoms. The highest BCUT2D eigenvalue weighted by Crippen LogP contribution is 2.20. The van der Waals surface area contributed by atoms with Gasteiger partial charge in [-0.2, -0.15) is 5.10 Å². The van der Waals surface area contributed by atoms with Crippen LogP contribution in [0.1, 0.15) is 21.7 Å². The van der Waals surface area contributed by atoms with E-state index in [9.17, 15) is 4.79 Å². The molecule has 0 spiro atoms. The summed E-state index contributed by atoms with van der Waals surface area (Å²) in [6.45, 7) is 2.44. The summed E-state index contributed by atoms with van der Waals surface area (Å²) in [6, 6.07) is 14.1. The first-order valence-electron chi connectivity index (χ1n) is 8.48. The van der Waals surface area contributed by atoms with Crippen LogP contribution in [0.4, 0.5) is 0 Å². The number of benzene rings is 2. The van der Waals surface area contributed by atoms with Gasteiger partial charge in [-0.1, -0.05) is 30.3 Å². The number of nitrogens with zero attached hydrogens (tertiary/aromatic N) is 1. The van der Waals surface area contributed by atoms with Crippen LogP contribution in [0.2, 0.25) is 0 Å². The van der Waals surface area contributed by atoms with Crippen LogP contribution >= 0.6 is 12.4 Å². The van der Waals surface area contributed by atoms with E-state index in [1.54, 1.807) is 0 Å². The monoisotopic (exact) mass is 372 g/mol. The van der Waals surface area contributed by atoms with Crippen LogP contribution in [-0.4, -0.2) is 35.8 Å². The van der Waals surface area contributed by atoms with Crippen molar-refractivity contribution in [3.8, 4) is 5.75 Å². The van der Waals surface area contributed by atoms with Gasteiger partial charge >= 0.3 is 0 Å². The number of rotatable bonds is 5. The van der Waals surface area contributed by atoms with E-state index >= 15 is 0 Å². The van der Waals surface area contributed by atoms with Gasteiger partial charge in [-0.15, -0.1) is 12.4 Å². The first-order chi connectivity index (χ1) is 12.3. The Morgan fingerprint density at radius 2 is 2.04 bits per heavy atom. The molecule has 3 aromatic rings. The molecule has 0 saturated carbocycles. The zero-order valence-corrected chi connectivity index (χ0v) is 15.1. The Bertz CT molecular complexity index is 909. The summed E-state index contributed by atoms with van der Waals surface area (Å²) < 4.78 is 5.74. The molecule has 1 aliphatic heterocycles. The van der Waals surface area contributed by atoms with Crippen molar-refractivity contribution < 1.29 is 9.53 Å². The van der Waals surface area contributed by atoms with Crippen LogP contribution in [0.5, 0.6) is 5.75 Å². The molecule has 0 bridgehead atoms. The fourth-order valence-electron chi connectivity index (χ4n) is 3.09. The van der Waals surface area contributed by atoms with Crippen molar-refractivity contribution >= 4 is 29.1 Å². The Balaban J connectivity index is 0.00000196. The fraction of sp³-hybridized carbons (Fsp3) is 0.263. The third kappa shape index (κ3) is 3.81. The first kappa shape index (κ1) is 18.2. The zero-order chi connectivity index (χ0) is 17.1. The predicted molar refractivity (Wildman–Crippen MR) is 103 cm³/mol. The van der Waals surface area contributed by atoms with Crippen molar-refractivity contribution in [2.45, 2.75) is 13.0 Å². The fourth-order valence-corrected chi connectivity index (χ4v) is 3.09. The van der Waals surface area contributed by atoms with Crippen LogP contribution < -0.4 is 15.4 Å². The highest BCUT2D eigenvalue weighted by Gasteiger charge is 2.21. The summed E-state index contributed by atoms with van der Waals surface area (Å²) in [5.41, 5.74) is 2.50. The van der Waals surface area contributed by atoms with Crippen molar-refractivity contribution in [3.63, 3.8) is 0 Å². The van der Waals surface area contributed by atoms with Crippen LogP contribution in [0, 0.1) is 0 Å². The van der Waals surface area contributed by atoms with Gasteiger partial charge in [0, 0.05) is 30.8 Å². The molecule has 0 unspecified atom stereocenters. The molecule has 0 fully saturated rings. The average Bonchev–Trinajstić information content (AvgIpc) is 3.09. The van der Waals surface area contributed by atoms with E-state index < -0.39 is 0 Å². The van der Waals surface area contributed by atoms with Gasteiger partial charge in [0.1, 0.15) is 12.4 Å². The van der Waals surface area contributed by atoms with Crippen molar-refractivity contribution in [2.24, 2.45) is 0 Å². The lowest BCUT2D eigenvalue weighted by Gasteiger charge is -2.13. The highest BCUT2D eigenvalue weighted by atomic mass is 35.5. The summed E-state index contributed by atoms with van der Waals surface area (Å²) in [7, 11) is 0. The lowest BCUT2D eigenvalue weighted by molar-refractivity contribution is 0.0941. The van der Waals surface area contributed by atoms with Gasteiger partial charge in [0.15, 0.2) is 5.69 Å². The quantitative estimate of drug-likeness (QED) is 0.601. The van der Waals surface area contributed by atoms with E-state index in [2.05, 4.69) is 33.0 Å². The van der Waals surface area contributed by atoms with Gasteiger partial charge in [0.25, 0.3) is 5.91 Å². The molecule has 136 valence electrons. The van der Waals surface area contributed by atoms with Gasteiger partial charge in [0.05, 0.1) is 6.54 Å². The van der Waals surface area contributed by atoms with Gasteiger partial charge < -0.3 is 15.4 Å². The van der Waals surface area contributed by atoms with Crippen molar-refractivity contribution in [3.05, 3.63) is 59.4 Å². The molecule has 1 aromatic heterocycles. The number of amides is 1. The van der Waals surface area contributed by atoms with Crippen LogP contribution in [-0.2, 0) is 13.0 Å². The molecule has 4 rings (SSSR count). The topological polar surface area (TPSA) is 79.0 Å². The van der Waals surface area contributed by atoms with Crippen LogP contribution in [0.25, 0.3) is 10.8 Å². The number of carbonyl (C=O) groups is 1. The van der Waals surface area contributed by atoms with Gasteiger partial charge in [-0.25, -0.2) is 0 Å². The highest BCUT2D eigenvalue weighted by molar-refractivity contribution is 5.94. The normalized spacial score (nSPS) is 12.9. The molecule has 2 aromatic carbocycles. The van der Waals surface area contributed by atoms with E-state index in [4.69, 9.17) is 4.74 Å². The molecule has 3 N–H and O–H groups in total. The molecule has 0 atom stereocenters. The summed E-state index contributed by atoms with van der Waals surface area (Å²) in [5.74, 6) is 0.637. The number of H-pyrrole nitrogens is 1. The van der Waals surface area contributed by atoms with E-state index in [1.807, 2.05) is 30.3 Å². The number of halogens is 1. The zero-order valence-electron chi connectivity index (χ0n) is 14.2. The van der Waals surface area contributed by atoms with E-state index in [0.717, 1.165) is 35.4 Å². The average molecular weight is 373 g/mol. The van der Waals surface area contributed by atoms with Gasteiger partial charge in [-0.05, 0) is 22.9 Å². The standard InChI is InChI=1S/C19H20N4O2.ClH/c24-19(18-16-12-20-8-7-17(16)22-23-18)21-9-10-25-15-6-5-13-3-1-2-4-14(13)11-15;/h1-6,11,20H,7-10,12H2,(H,21,24)(H,22,23);1H. The molecule has 26 heavy (non-hydrogen) atoms. The Kier molecular flexibility index (Phi) is 5.75. The predicted octanol–water partition coefficient (Wildman–Crippen LogP) is 2.44. The summed E-state index contributed by atoms with van der Waals surface area (Å²) >= 11 is 0. The molecule has 1 aliphatic rings. The molecule has 0 radical (unpaired) electrons. The second kappa shape index (κ2) is 8.21. The van der Waals surface area contributed by atoms with Crippen molar-refractivity contribution in [1.29, 1.82) is 0 Å². The first-order valence-corrected chi connectivity index (χ1v) is 8.48. The second-order valence-corrected chi connectivity index (χ2v) is 6.07. The molecular formula is C19H21ClN4O2. The minimum Gasteiger partial charge on any atom is -0.492 e. The molecule has 1 amide bonds. The van der Waals surface area contributed by atoms with E-state index in [1.165, 1.54) is 5.39 Å². The minimum absolute atomic E-state index is 0. The van der Waals surface area contributed by atoms with E-state index in [-0.39, 0.29) is 18.3 Å². The molecular weight excluding hydrogens is 352 g/mol. The lowest BCUT2D eigenvalue weighted by Crippen LogP contribution is -2.31. The van der Waals surface area contributed by atoms with Crippen LogP contribution in [0.3, 0.4) is 0 Å². The number of ether oxygens (including phenoxy) is 1. The molecule has 2 heterocycles. The minimum atomic E-state index is -0.164. The largest absolute Gasteiger partial charge is 0.492 e. The number of aromatic nitrogens is 2. The lowest BCUT2D eigenvalue weighted by atomic mass is 10.1. The van der Waals surface area contributed by atoms with Crippen LogP contribution in [0.15, 0.2) is 42.5 Å². The third-order valence-corrected chi connectivity index (χ3v) is 4.40. The SMILES string of the molecule is Cl.O=C(NCCOc1ccc2ccccc2c1)c1n[nH]c2c1CNCC2. The molecule has 0 aliphatic carbocycles. The Hall–Kier alpha value is -2.57.